The van der Waals surface area contributed by atoms with Crippen molar-refractivity contribution in [1.29, 1.82) is 0 Å². The zero-order valence-electron chi connectivity index (χ0n) is 16.2. The number of ether oxygens (including phenoxy) is 2. The Morgan fingerprint density at radius 3 is 2.93 bits per heavy atom. The highest BCUT2D eigenvalue weighted by Gasteiger charge is 2.14. The van der Waals surface area contributed by atoms with E-state index in [9.17, 15) is 4.79 Å². The molecule has 9 heteroatoms. The third-order valence-electron chi connectivity index (χ3n) is 4.22. The highest BCUT2D eigenvalue weighted by molar-refractivity contribution is 7.13. The largest absolute Gasteiger partial charge is 0.496 e. The van der Waals surface area contributed by atoms with Gasteiger partial charge in [0.15, 0.2) is 0 Å². The molecule has 1 N–H and O–H groups in total. The third-order valence-corrected chi connectivity index (χ3v) is 5.10. The second-order valence-corrected chi connectivity index (χ2v) is 7.09. The number of amides is 1. The standard InChI is InChI=1S/C21H19N5O3S/c1-28-19-8-3-2-7-17(19)21-25-18(12-30-21)20(27)24-15-5-4-6-16(11-15)29-10-9-26-14-22-13-23-26/h2-8,11-14H,9-10H2,1H3,(H,24,27). The molecule has 0 aliphatic heterocycles. The fraction of sp³-hybridized carbons (Fsp3) is 0.143. The van der Waals surface area contributed by atoms with Crippen molar-refractivity contribution in [2.75, 3.05) is 19.0 Å². The van der Waals surface area contributed by atoms with Crippen LogP contribution in [0.3, 0.4) is 0 Å². The van der Waals surface area contributed by atoms with Gasteiger partial charge >= 0.3 is 0 Å². The summed E-state index contributed by atoms with van der Waals surface area (Å²) in [6, 6.07) is 14.8. The van der Waals surface area contributed by atoms with Crippen molar-refractivity contribution in [3.8, 4) is 22.1 Å². The molecule has 2 aromatic carbocycles. The van der Waals surface area contributed by atoms with E-state index in [1.165, 1.54) is 17.7 Å². The molecule has 0 atom stereocenters. The minimum absolute atomic E-state index is 0.285. The van der Waals surface area contributed by atoms with Gasteiger partial charge in [-0.05, 0) is 24.3 Å². The van der Waals surface area contributed by atoms with Gasteiger partial charge in [0, 0.05) is 17.1 Å². The van der Waals surface area contributed by atoms with E-state index in [1.807, 2.05) is 36.4 Å². The van der Waals surface area contributed by atoms with Gasteiger partial charge < -0.3 is 14.8 Å². The second kappa shape index (κ2) is 9.19. The van der Waals surface area contributed by atoms with Crippen LogP contribution in [0.5, 0.6) is 11.5 Å². The van der Waals surface area contributed by atoms with Crippen LogP contribution < -0.4 is 14.8 Å². The molecule has 0 saturated carbocycles. The van der Waals surface area contributed by atoms with Gasteiger partial charge in [-0.3, -0.25) is 4.79 Å². The molecule has 1 amide bonds. The summed E-state index contributed by atoms with van der Waals surface area (Å²) in [4.78, 5) is 21.0. The Balaban J connectivity index is 1.40. The van der Waals surface area contributed by atoms with Crippen LogP contribution in [0.4, 0.5) is 5.69 Å². The van der Waals surface area contributed by atoms with E-state index >= 15 is 0 Å². The molecule has 30 heavy (non-hydrogen) atoms. The maximum absolute atomic E-state index is 12.6. The van der Waals surface area contributed by atoms with Crippen molar-refractivity contribution in [3.63, 3.8) is 0 Å². The number of nitrogens with one attached hydrogen (secondary N) is 1. The van der Waals surface area contributed by atoms with Gasteiger partial charge in [0.05, 0.1) is 19.2 Å². The first kappa shape index (κ1) is 19.6. The van der Waals surface area contributed by atoms with Crippen LogP contribution in [-0.2, 0) is 6.54 Å². The van der Waals surface area contributed by atoms with Crippen LogP contribution in [0, 0.1) is 0 Å². The summed E-state index contributed by atoms with van der Waals surface area (Å²) in [5.41, 5.74) is 1.83. The Labute approximate surface area is 177 Å². The number of hydrogen-bond donors (Lipinski definition) is 1. The molecule has 4 rings (SSSR count). The van der Waals surface area contributed by atoms with Crippen molar-refractivity contribution in [3.05, 3.63) is 72.3 Å². The van der Waals surface area contributed by atoms with Gasteiger partial charge in [0.25, 0.3) is 5.91 Å². The number of carbonyl (C=O) groups excluding carboxylic acids is 1. The molecule has 0 unspecified atom stereocenters. The SMILES string of the molecule is COc1ccccc1-c1nc(C(=O)Nc2cccc(OCCn3cncn3)c2)cs1. The van der Waals surface area contributed by atoms with E-state index in [2.05, 4.69) is 20.4 Å². The van der Waals surface area contributed by atoms with Crippen molar-refractivity contribution in [1.82, 2.24) is 19.7 Å². The predicted octanol–water partition coefficient (Wildman–Crippen LogP) is 3.74. The molecule has 152 valence electrons. The Bertz CT molecular complexity index is 1130. The molecule has 2 aromatic heterocycles. The number of para-hydroxylation sites is 1. The normalized spacial score (nSPS) is 10.6. The summed E-state index contributed by atoms with van der Waals surface area (Å²) < 4.78 is 12.8. The minimum atomic E-state index is -0.285. The lowest BCUT2D eigenvalue weighted by Gasteiger charge is -2.08. The Hall–Kier alpha value is -3.72. The van der Waals surface area contributed by atoms with Crippen LogP contribution >= 0.6 is 11.3 Å². The molecule has 0 aliphatic rings. The first-order valence-corrected chi connectivity index (χ1v) is 10.1. The number of nitrogens with zero attached hydrogens (tertiary/aromatic N) is 4. The molecule has 2 heterocycles. The van der Waals surface area contributed by atoms with Crippen molar-refractivity contribution >= 4 is 22.9 Å². The van der Waals surface area contributed by atoms with Gasteiger partial charge in [0.1, 0.15) is 41.5 Å². The van der Waals surface area contributed by atoms with Crippen LogP contribution in [0.1, 0.15) is 10.5 Å². The third kappa shape index (κ3) is 4.64. The van der Waals surface area contributed by atoms with Crippen molar-refractivity contribution in [2.24, 2.45) is 0 Å². The first-order chi connectivity index (χ1) is 14.7. The molecular formula is C21H19N5O3S. The maximum atomic E-state index is 12.6. The van der Waals surface area contributed by atoms with E-state index in [-0.39, 0.29) is 5.91 Å². The molecule has 8 nitrogen and oxygen atoms in total. The number of benzene rings is 2. The highest BCUT2D eigenvalue weighted by atomic mass is 32.1. The number of thiazole rings is 1. The number of carbonyl (C=O) groups is 1. The molecule has 0 saturated heterocycles. The smallest absolute Gasteiger partial charge is 0.275 e. The summed E-state index contributed by atoms with van der Waals surface area (Å²) in [6.07, 6.45) is 3.11. The number of methoxy groups -OCH3 is 1. The second-order valence-electron chi connectivity index (χ2n) is 6.23. The summed E-state index contributed by atoms with van der Waals surface area (Å²) >= 11 is 1.39. The molecule has 0 bridgehead atoms. The number of hydrogen-bond acceptors (Lipinski definition) is 7. The quantitative estimate of drug-likeness (QED) is 0.466. The zero-order chi connectivity index (χ0) is 20.8. The van der Waals surface area contributed by atoms with Crippen LogP contribution in [0.25, 0.3) is 10.6 Å². The average molecular weight is 421 g/mol. The number of rotatable bonds is 8. The van der Waals surface area contributed by atoms with Gasteiger partial charge in [-0.15, -0.1) is 11.3 Å². The predicted molar refractivity (Wildman–Crippen MR) is 114 cm³/mol. The van der Waals surface area contributed by atoms with Crippen molar-refractivity contribution in [2.45, 2.75) is 6.54 Å². The lowest BCUT2D eigenvalue weighted by molar-refractivity contribution is 0.102. The monoisotopic (exact) mass is 421 g/mol. The number of anilines is 1. The molecule has 4 aromatic rings. The Morgan fingerprint density at radius 1 is 1.20 bits per heavy atom. The van der Waals surface area contributed by atoms with E-state index in [1.54, 1.807) is 35.6 Å². The molecular weight excluding hydrogens is 402 g/mol. The highest BCUT2D eigenvalue weighted by Crippen LogP contribution is 2.32. The van der Waals surface area contributed by atoms with Gasteiger partial charge in [-0.25, -0.2) is 14.6 Å². The fourth-order valence-corrected chi connectivity index (χ4v) is 3.62. The van der Waals surface area contributed by atoms with Gasteiger partial charge in [0.2, 0.25) is 0 Å². The van der Waals surface area contributed by atoms with Crippen molar-refractivity contribution < 1.29 is 14.3 Å². The molecule has 0 radical (unpaired) electrons. The lowest BCUT2D eigenvalue weighted by Crippen LogP contribution is -2.12. The topological polar surface area (TPSA) is 91.2 Å². The zero-order valence-corrected chi connectivity index (χ0v) is 17.0. The van der Waals surface area contributed by atoms with Gasteiger partial charge in [-0.1, -0.05) is 18.2 Å². The summed E-state index contributed by atoms with van der Waals surface area (Å²) in [6.45, 7) is 1.02. The van der Waals surface area contributed by atoms with Crippen LogP contribution in [0.15, 0.2) is 66.6 Å². The summed E-state index contributed by atoms with van der Waals surface area (Å²) in [5.74, 6) is 1.09. The van der Waals surface area contributed by atoms with Gasteiger partial charge in [-0.2, -0.15) is 5.10 Å². The average Bonchev–Trinajstić information content (AvgIpc) is 3.46. The maximum Gasteiger partial charge on any atom is 0.275 e. The van der Waals surface area contributed by atoms with E-state index in [4.69, 9.17) is 9.47 Å². The summed E-state index contributed by atoms with van der Waals surface area (Å²) in [7, 11) is 1.61. The molecule has 0 aliphatic carbocycles. The Morgan fingerprint density at radius 2 is 2.10 bits per heavy atom. The fourth-order valence-electron chi connectivity index (χ4n) is 2.79. The Kier molecular flexibility index (Phi) is 6.00. The van der Waals surface area contributed by atoms with E-state index in [0.29, 0.717) is 30.3 Å². The number of aromatic nitrogens is 4. The van der Waals surface area contributed by atoms with Crippen LogP contribution in [-0.4, -0.2) is 39.4 Å². The lowest BCUT2D eigenvalue weighted by atomic mass is 10.2. The summed E-state index contributed by atoms with van der Waals surface area (Å²) in [5, 5.41) is 9.35. The first-order valence-electron chi connectivity index (χ1n) is 9.18. The molecule has 0 fully saturated rings. The minimum Gasteiger partial charge on any atom is -0.496 e. The van der Waals surface area contributed by atoms with E-state index in [0.717, 1.165) is 16.3 Å². The van der Waals surface area contributed by atoms with E-state index < -0.39 is 0 Å². The van der Waals surface area contributed by atoms with Crippen LogP contribution in [0.2, 0.25) is 0 Å². The molecule has 0 spiro atoms.